The van der Waals surface area contributed by atoms with Crippen LogP contribution in [-0.2, 0) is 4.79 Å². The van der Waals surface area contributed by atoms with Gasteiger partial charge in [-0.1, -0.05) is 13.8 Å². The van der Waals surface area contributed by atoms with Gasteiger partial charge in [0.2, 0.25) is 0 Å². The van der Waals surface area contributed by atoms with E-state index in [-0.39, 0.29) is 12.5 Å². The Labute approximate surface area is 103 Å². The van der Waals surface area contributed by atoms with Gasteiger partial charge in [0.15, 0.2) is 0 Å². The summed E-state index contributed by atoms with van der Waals surface area (Å²) in [5, 5.41) is 14.0. The van der Waals surface area contributed by atoms with E-state index in [0.29, 0.717) is 12.5 Å². The van der Waals surface area contributed by atoms with Crippen LogP contribution in [0.4, 0.5) is 4.79 Å². The van der Waals surface area contributed by atoms with Gasteiger partial charge in [0.1, 0.15) is 0 Å². The molecule has 0 radical (unpaired) electrons. The Kier molecular flexibility index (Phi) is 6.61. The molecule has 0 saturated carbocycles. The van der Waals surface area contributed by atoms with Crippen molar-refractivity contribution in [2.24, 2.45) is 5.92 Å². The fourth-order valence-corrected chi connectivity index (χ4v) is 1.49. The first-order chi connectivity index (χ1) is 7.73. The van der Waals surface area contributed by atoms with E-state index in [4.69, 9.17) is 5.11 Å². The zero-order valence-corrected chi connectivity index (χ0v) is 11.2. The average Bonchev–Trinajstić information content (AvgIpc) is 2.08. The standard InChI is InChI=1S/C12H24N2O3/c1-9(2)6-5-7-13-11(17)14-12(3,4)8-10(15)16/h9H,5-8H2,1-4H3,(H,15,16)(H2,13,14,17). The normalized spacial score (nSPS) is 11.4. The van der Waals surface area contributed by atoms with Crippen molar-refractivity contribution in [2.75, 3.05) is 6.54 Å². The third-order valence-corrected chi connectivity index (χ3v) is 2.29. The summed E-state index contributed by atoms with van der Waals surface area (Å²) in [6.07, 6.45) is 1.91. The number of rotatable bonds is 7. The van der Waals surface area contributed by atoms with Crippen molar-refractivity contribution in [1.29, 1.82) is 0 Å². The van der Waals surface area contributed by atoms with Gasteiger partial charge >= 0.3 is 12.0 Å². The summed E-state index contributed by atoms with van der Waals surface area (Å²) in [5.74, 6) is -0.293. The number of carboxylic acid groups (broad SMARTS) is 1. The third-order valence-electron chi connectivity index (χ3n) is 2.29. The van der Waals surface area contributed by atoms with E-state index in [2.05, 4.69) is 24.5 Å². The lowest BCUT2D eigenvalue weighted by atomic mass is 10.0. The van der Waals surface area contributed by atoms with Gasteiger partial charge in [-0.3, -0.25) is 4.79 Å². The van der Waals surface area contributed by atoms with E-state index in [1.54, 1.807) is 13.8 Å². The van der Waals surface area contributed by atoms with E-state index < -0.39 is 11.5 Å². The molecule has 5 nitrogen and oxygen atoms in total. The van der Waals surface area contributed by atoms with E-state index in [9.17, 15) is 9.59 Å². The molecule has 0 saturated heterocycles. The van der Waals surface area contributed by atoms with Gasteiger partial charge < -0.3 is 15.7 Å². The van der Waals surface area contributed by atoms with Crippen LogP contribution >= 0.6 is 0 Å². The predicted molar refractivity (Wildman–Crippen MR) is 66.9 cm³/mol. The second-order valence-corrected chi connectivity index (χ2v) is 5.37. The minimum absolute atomic E-state index is 0.0909. The van der Waals surface area contributed by atoms with Crippen LogP contribution in [0.3, 0.4) is 0 Å². The van der Waals surface area contributed by atoms with Gasteiger partial charge in [0.25, 0.3) is 0 Å². The summed E-state index contributed by atoms with van der Waals surface area (Å²) < 4.78 is 0. The van der Waals surface area contributed by atoms with Gasteiger partial charge in [-0.25, -0.2) is 4.79 Å². The molecule has 0 aromatic carbocycles. The maximum atomic E-state index is 11.5. The summed E-state index contributed by atoms with van der Waals surface area (Å²) in [6.45, 7) is 8.27. The molecule has 0 fully saturated rings. The van der Waals surface area contributed by atoms with Crippen LogP contribution in [0.1, 0.15) is 47.0 Å². The first kappa shape index (κ1) is 15.7. The Balaban J connectivity index is 3.81. The van der Waals surface area contributed by atoms with Crippen LogP contribution in [0.5, 0.6) is 0 Å². The lowest BCUT2D eigenvalue weighted by Crippen LogP contribution is -2.49. The van der Waals surface area contributed by atoms with Crippen LogP contribution < -0.4 is 10.6 Å². The third kappa shape index (κ3) is 9.66. The second kappa shape index (κ2) is 7.14. The van der Waals surface area contributed by atoms with Gasteiger partial charge in [-0.2, -0.15) is 0 Å². The number of aliphatic carboxylic acids is 1. The minimum atomic E-state index is -0.921. The van der Waals surface area contributed by atoms with E-state index in [1.165, 1.54) is 0 Å². The maximum absolute atomic E-state index is 11.5. The molecular formula is C12H24N2O3. The van der Waals surface area contributed by atoms with E-state index in [1.807, 2.05) is 0 Å². The molecular weight excluding hydrogens is 220 g/mol. The molecule has 17 heavy (non-hydrogen) atoms. The zero-order valence-electron chi connectivity index (χ0n) is 11.2. The topological polar surface area (TPSA) is 78.4 Å². The molecule has 0 aromatic heterocycles. The largest absolute Gasteiger partial charge is 0.481 e. The lowest BCUT2D eigenvalue weighted by molar-refractivity contribution is -0.138. The molecule has 0 bridgehead atoms. The van der Waals surface area contributed by atoms with Crippen molar-refractivity contribution < 1.29 is 14.7 Å². The lowest BCUT2D eigenvalue weighted by Gasteiger charge is -2.24. The molecule has 0 aliphatic heterocycles. The fraction of sp³-hybridized carbons (Fsp3) is 0.833. The molecule has 0 aliphatic carbocycles. The molecule has 5 heteroatoms. The SMILES string of the molecule is CC(C)CCCNC(=O)NC(C)(C)CC(=O)O. The van der Waals surface area contributed by atoms with Crippen molar-refractivity contribution in [1.82, 2.24) is 10.6 Å². The van der Waals surface area contributed by atoms with Crippen molar-refractivity contribution in [3.8, 4) is 0 Å². The summed E-state index contributed by atoms with van der Waals surface area (Å²) in [4.78, 5) is 22.0. The summed E-state index contributed by atoms with van der Waals surface area (Å²) in [6, 6.07) is -0.306. The smallest absolute Gasteiger partial charge is 0.315 e. The molecule has 0 rings (SSSR count). The molecule has 0 spiro atoms. The highest BCUT2D eigenvalue weighted by molar-refractivity contribution is 5.76. The van der Waals surface area contributed by atoms with Gasteiger partial charge in [-0.15, -0.1) is 0 Å². The summed E-state index contributed by atoms with van der Waals surface area (Å²) in [7, 11) is 0. The molecule has 3 N–H and O–H groups in total. The first-order valence-electron chi connectivity index (χ1n) is 6.01. The van der Waals surface area contributed by atoms with Gasteiger partial charge in [0, 0.05) is 12.1 Å². The van der Waals surface area contributed by atoms with Crippen LogP contribution in [0.2, 0.25) is 0 Å². The van der Waals surface area contributed by atoms with E-state index in [0.717, 1.165) is 12.8 Å². The number of carbonyl (C=O) groups excluding carboxylic acids is 1. The fourth-order valence-electron chi connectivity index (χ4n) is 1.49. The highest BCUT2D eigenvalue weighted by Gasteiger charge is 2.23. The number of hydrogen-bond donors (Lipinski definition) is 3. The molecule has 0 heterocycles. The molecule has 0 aliphatic rings. The molecule has 100 valence electrons. The van der Waals surface area contributed by atoms with Crippen molar-refractivity contribution >= 4 is 12.0 Å². The molecule has 2 amide bonds. The number of carbonyl (C=O) groups is 2. The molecule has 0 unspecified atom stereocenters. The highest BCUT2D eigenvalue weighted by Crippen LogP contribution is 2.07. The van der Waals surface area contributed by atoms with Gasteiger partial charge in [-0.05, 0) is 32.6 Å². The van der Waals surface area contributed by atoms with E-state index >= 15 is 0 Å². The Morgan fingerprint density at radius 2 is 1.88 bits per heavy atom. The van der Waals surface area contributed by atoms with Crippen molar-refractivity contribution in [3.05, 3.63) is 0 Å². The summed E-state index contributed by atoms with van der Waals surface area (Å²) in [5.41, 5.74) is -0.728. The number of nitrogens with one attached hydrogen (secondary N) is 2. The maximum Gasteiger partial charge on any atom is 0.315 e. The monoisotopic (exact) mass is 244 g/mol. The minimum Gasteiger partial charge on any atom is -0.481 e. The average molecular weight is 244 g/mol. The van der Waals surface area contributed by atoms with Crippen LogP contribution in [-0.4, -0.2) is 29.2 Å². The Morgan fingerprint density at radius 3 is 2.35 bits per heavy atom. The van der Waals surface area contributed by atoms with Crippen molar-refractivity contribution in [3.63, 3.8) is 0 Å². The number of urea groups is 1. The Morgan fingerprint density at radius 1 is 1.29 bits per heavy atom. The van der Waals surface area contributed by atoms with Crippen LogP contribution in [0.15, 0.2) is 0 Å². The summed E-state index contributed by atoms with van der Waals surface area (Å²) >= 11 is 0. The second-order valence-electron chi connectivity index (χ2n) is 5.37. The highest BCUT2D eigenvalue weighted by atomic mass is 16.4. The molecule has 0 atom stereocenters. The number of hydrogen-bond acceptors (Lipinski definition) is 2. The zero-order chi connectivity index (χ0) is 13.5. The Bertz CT molecular complexity index is 262. The molecule has 0 aromatic rings. The van der Waals surface area contributed by atoms with Crippen molar-refractivity contribution in [2.45, 2.75) is 52.5 Å². The quantitative estimate of drug-likeness (QED) is 0.599. The predicted octanol–water partition coefficient (Wildman–Crippen LogP) is 1.98. The van der Waals surface area contributed by atoms with Crippen LogP contribution in [0, 0.1) is 5.92 Å². The number of carboxylic acids is 1. The first-order valence-corrected chi connectivity index (χ1v) is 6.01. The van der Waals surface area contributed by atoms with Crippen LogP contribution in [0.25, 0.3) is 0 Å². The van der Waals surface area contributed by atoms with Gasteiger partial charge in [0.05, 0.1) is 6.42 Å². The Hall–Kier alpha value is -1.26. The number of amides is 2.